The molecule has 0 bridgehead atoms. The zero-order valence-electron chi connectivity index (χ0n) is 9.15. The molecule has 0 radical (unpaired) electrons. The minimum Gasteiger partial charge on any atom is -0.383 e. The summed E-state index contributed by atoms with van der Waals surface area (Å²) in [6.07, 6.45) is 3.03. The monoisotopic (exact) mass is 247 g/mol. The van der Waals surface area contributed by atoms with Gasteiger partial charge in [-0.15, -0.1) is 21.5 Å². The van der Waals surface area contributed by atoms with Crippen LogP contribution in [0.25, 0.3) is 0 Å². The van der Waals surface area contributed by atoms with Crippen LogP contribution in [0.15, 0.2) is 0 Å². The molecule has 0 unspecified atom stereocenters. The average Bonchev–Trinajstić information content (AvgIpc) is 2.66. The van der Waals surface area contributed by atoms with Crippen LogP contribution in [0.3, 0.4) is 0 Å². The molecule has 1 heterocycles. The molecule has 15 heavy (non-hydrogen) atoms. The number of methoxy groups -OCH3 is 1. The molecule has 0 spiro atoms. The van der Waals surface area contributed by atoms with Crippen molar-refractivity contribution in [1.29, 1.82) is 0 Å². The Balaban J connectivity index is 2.14. The maximum Gasteiger partial charge on any atom is 0.127 e. The van der Waals surface area contributed by atoms with E-state index in [2.05, 4.69) is 21.8 Å². The summed E-state index contributed by atoms with van der Waals surface area (Å²) in [5.41, 5.74) is 0. The smallest absolute Gasteiger partial charge is 0.127 e. The van der Waals surface area contributed by atoms with E-state index in [1.54, 1.807) is 30.2 Å². The second-order valence-electron chi connectivity index (χ2n) is 3.02. The third kappa shape index (κ3) is 5.46. The second kappa shape index (κ2) is 8.04. The minimum atomic E-state index is 0.758. The van der Waals surface area contributed by atoms with E-state index < -0.39 is 0 Å². The first-order valence-electron chi connectivity index (χ1n) is 4.86. The molecule has 0 fully saturated rings. The van der Waals surface area contributed by atoms with Crippen molar-refractivity contribution in [2.24, 2.45) is 0 Å². The molecule has 86 valence electrons. The summed E-state index contributed by atoms with van der Waals surface area (Å²) in [5, 5.41) is 13.8. The fourth-order valence-corrected chi connectivity index (χ4v) is 2.60. The summed E-state index contributed by atoms with van der Waals surface area (Å²) in [4.78, 5) is 0. The van der Waals surface area contributed by atoms with Gasteiger partial charge in [0.15, 0.2) is 0 Å². The Bertz CT molecular complexity index is 268. The SMILES string of the molecule is COCCNCCc1nnc(CSC)s1. The van der Waals surface area contributed by atoms with Gasteiger partial charge in [-0.2, -0.15) is 11.8 Å². The predicted octanol–water partition coefficient (Wildman–Crippen LogP) is 1.18. The summed E-state index contributed by atoms with van der Waals surface area (Å²) in [6.45, 7) is 2.60. The molecule has 0 saturated carbocycles. The van der Waals surface area contributed by atoms with Crippen molar-refractivity contribution in [3.05, 3.63) is 10.0 Å². The van der Waals surface area contributed by atoms with Crippen molar-refractivity contribution >= 4 is 23.1 Å². The topological polar surface area (TPSA) is 47.0 Å². The Morgan fingerprint density at radius 2 is 2.13 bits per heavy atom. The number of rotatable bonds is 8. The predicted molar refractivity (Wildman–Crippen MR) is 65.6 cm³/mol. The van der Waals surface area contributed by atoms with Gasteiger partial charge in [-0.3, -0.25) is 0 Å². The van der Waals surface area contributed by atoms with Crippen LogP contribution >= 0.6 is 23.1 Å². The van der Waals surface area contributed by atoms with Gasteiger partial charge in [0.1, 0.15) is 10.0 Å². The third-order valence-electron chi connectivity index (χ3n) is 1.78. The van der Waals surface area contributed by atoms with E-state index in [0.29, 0.717) is 0 Å². The molecule has 1 N–H and O–H groups in total. The van der Waals surface area contributed by atoms with Gasteiger partial charge < -0.3 is 10.1 Å². The highest BCUT2D eigenvalue weighted by atomic mass is 32.2. The van der Waals surface area contributed by atoms with Crippen LogP contribution in [0.5, 0.6) is 0 Å². The highest BCUT2D eigenvalue weighted by Crippen LogP contribution is 2.14. The first-order chi connectivity index (χ1) is 7.36. The standard InChI is InChI=1S/C9H17N3OS2/c1-13-6-5-10-4-3-8-11-12-9(15-8)7-14-2/h10H,3-7H2,1-2H3. The van der Waals surface area contributed by atoms with Gasteiger partial charge in [-0.1, -0.05) is 0 Å². The Labute approximate surface area is 98.8 Å². The number of ether oxygens (including phenoxy) is 1. The van der Waals surface area contributed by atoms with Crippen LogP contribution in [-0.4, -0.2) is 43.3 Å². The van der Waals surface area contributed by atoms with E-state index in [4.69, 9.17) is 4.74 Å². The van der Waals surface area contributed by atoms with Gasteiger partial charge in [-0.05, 0) is 6.26 Å². The van der Waals surface area contributed by atoms with Gasteiger partial charge in [0.2, 0.25) is 0 Å². The molecule has 0 aliphatic rings. The largest absolute Gasteiger partial charge is 0.383 e. The molecule has 1 aromatic heterocycles. The quantitative estimate of drug-likeness (QED) is 0.699. The number of thioether (sulfide) groups is 1. The highest BCUT2D eigenvalue weighted by molar-refractivity contribution is 7.97. The van der Waals surface area contributed by atoms with E-state index in [1.807, 2.05) is 0 Å². The lowest BCUT2D eigenvalue weighted by Crippen LogP contribution is -2.21. The first kappa shape index (κ1) is 12.9. The van der Waals surface area contributed by atoms with Crippen molar-refractivity contribution in [3.8, 4) is 0 Å². The zero-order chi connectivity index (χ0) is 10.9. The van der Waals surface area contributed by atoms with E-state index in [9.17, 15) is 0 Å². The maximum absolute atomic E-state index is 4.94. The summed E-state index contributed by atoms with van der Waals surface area (Å²) < 4.78 is 4.94. The van der Waals surface area contributed by atoms with Gasteiger partial charge >= 0.3 is 0 Å². The number of aromatic nitrogens is 2. The molecule has 1 aromatic rings. The number of hydrogen-bond donors (Lipinski definition) is 1. The maximum atomic E-state index is 4.94. The van der Waals surface area contributed by atoms with Crippen molar-refractivity contribution < 1.29 is 4.74 Å². The van der Waals surface area contributed by atoms with Gasteiger partial charge in [0, 0.05) is 32.4 Å². The van der Waals surface area contributed by atoms with E-state index in [0.717, 1.165) is 41.9 Å². The lowest BCUT2D eigenvalue weighted by Gasteiger charge is -2.00. The Kier molecular flexibility index (Phi) is 6.91. The molecule has 6 heteroatoms. The van der Waals surface area contributed by atoms with Crippen LogP contribution in [0.1, 0.15) is 10.0 Å². The van der Waals surface area contributed by atoms with Crippen molar-refractivity contribution in [1.82, 2.24) is 15.5 Å². The fraction of sp³-hybridized carbons (Fsp3) is 0.778. The third-order valence-corrected chi connectivity index (χ3v) is 3.50. The molecule has 0 atom stereocenters. The average molecular weight is 247 g/mol. The van der Waals surface area contributed by atoms with E-state index >= 15 is 0 Å². The van der Waals surface area contributed by atoms with Crippen LogP contribution < -0.4 is 5.32 Å². The van der Waals surface area contributed by atoms with Gasteiger partial charge in [-0.25, -0.2) is 0 Å². The van der Waals surface area contributed by atoms with Crippen LogP contribution in [0.2, 0.25) is 0 Å². The first-order valence-corrected chi connectivity index (χ1v) is 7.07. The van der Waals surface area contributed by atoms with Gasteiger partial charge in [0.25, 0.3) is 0 Å². The number of hydrogen-bond acceptors (Lipinski definition) is 6. The second-order valence-corrected chi connectivity index (χ2v) is 5.03. The summed E-state index contributed by atoms with van der Waals surface area (Å²) >= 11 is 3.49. The molecular formula is C9H17N3OS2. The Hall–Kier alpha value is -0.170. The normalized spacial score (nSPS) is 10.8. The summed E-state index contributed by atoms with van der Waals surface area (Å²) in [6, 6.07) is 0. The van der Waals surface area contributed by atoms with Crippen molar-refractivity contribution in [3.63, 3.8) is 0 Å². The molecule has 1 rings (SSSR count). The molecule has 0 aliphatic heterocycles. The molecule has 0 amide bonds. The molecule has 0 aliphatic carbocycles. The van der Waals surface area contributed by atoms with E-state index in [-0.39, 0.29) is 0 Å². The minimum absolute atomic E-state index is 0.758. The summed E-state index contributed by atoms with van der Waals surface area (Å²) in [7, 11) is 1.71. The van der Waals surface area contributed by atoms with Crippen molar-refractivity contribution in [2.75, 3.05) is 33.1 Å². The zero-order valence-corrected chi connectivity index (χ0v) is 10.8. The van der Waals surface area contributed by atoms with E-state index in [1.165, 1.54) is 0 Å². The number of nitrogens with zero attached hydrogens (tertiary/aromatic N) is 2. The van der Waals surface area contributed by atoms with Gasteiger partial charge in [0.05, 0.1) is 6.61 Å². The Morgan fingerprint density at radius 3 is 2.87 bits per heavy atom. The number of nitrogens with one attached hydrogen (secondary N) is 1. The van der Waals surface area contributed by atoms with Crippen molar-refractivity contribution in [2.45, 2.75) is 12.2 Å². The van der Waals surface area contributed by atoms with Crippen LogP contribution in [0, 0.1) is 0 Å². The summed E-state index contributed by atoms with van der Waals surface area (Å²) in [5.74, 6) is 0.967. The van der Waals surface area contributed by atoms with Crippen LogP contribution in [-0.2, 0) is 16.9 Å². The van der Waals surface area contributed by atoms with Crippen LogP contribution in [0.4, 0.5) is 0 Å². The molecule has 4 nitrogen and oxygen atoms in total. The highest BCUT2D eigenvalue weighted by Gasteiger charge is 2.02. The molecule has 0 aromatic carbocycles. The molecule has 0 saturated heterocycles. The molecular weight excluding hydrogens is 230 g/mol. The lowest BCUT2D eigenvalue weighted by molar-refractivity contribution is 0.199. The Morgan fingerprint density at radius 1 is 1.33 bits per heavy atom. The fourth-order valence-electron chi connectivity index (χ4n) is 1.07. The lowest BCUT2D eigenvalue weighted by atomic mass is 10.4.